The lowest BCUT2D eigenvalue weighted by molar-refractivity contribution is -0.137. The predicted octanol–water partition coefficient (Wildman–Crippen LogP) is 5.56. The van der Waals surface area contributed by atoms with Crippen LogP contribution >= 0.6 is 34.8 Å². The molecule has 14 heteroatoms. The number of rotatable bonds is 4. The molecular formula is C21H13Cl3F3N5O3. The summed E-state index contributed by atoms with van der Waals surface area (Å²) in [7, 11) is 0. The average Bonchev–Trinajstić information content (AvgIpc) is 2.75. The van der Waals surface area contributed by atoms with Gasteiger partial charge in [-0.15, -0.1) is 0 Å². The number of anilines is 4. The van der Waals surface area contributed by atoms with Crippen molar-refractivity contribution in [1.29, 1.82) is 0 Å². The van der Waals surface area contributed by atoms with Crippen LogP contribution in [0, 0.1) is 0 Å². The fraction of sp³-hybridized carbons (Fsp3) is 0.143. The number of aromatic amines is 1. The van der Waals surface area contributed by atoms with Crippen LogP contribution < -0.4 is 21.5 Å². The molecule has 0 fully saturated rings. The molecule has 3 aromatic rings. The highest BCUT2D eigenvalue weighted by Gasteiger charge is 2.36. The lowest BCUT2D eigenvalue weighted by Gasteiger charge is -2.24. The monoisotopic (exact) mass is 545 g/mol. The zero-order valence-electron chi connectivity index (χ0n) is 17.2. The summed E-state index contributed by atoms with van der Waals surface area (Å²) in [6.45, 7) is 0. The van der Waals surface area contributed by atoms with Crippen molar-refractivity contribution in [1.82, 2.24) is 9.97 Å². The van der Waals surface area contributed by atoms with Gasteiger partial charge in [0.05, 0.1) is 32.8 Å². The molecule has 35 heavy (non-hydrogen) atoms. The predicted molar refractivity (Wildman–Crippen MR) is 126 cm³/mol. The minimum atomic E-state index is -4.74. The van der Waals surface area contributed by atoms with Crippen LogP contribution in [0.1, 0.15) is 23.5 Å². The van der Waals surface area contributed by atoms with Crippen molar-refractivity contribution in [3.8, 4) is 0 Å². The largest absolute Gasteiger partial charge is 0.417 e. The molecule has 4 N–H and O–H groups in total. The third-order valence-electron chi connectivity index (χ3n) is 4.99. The second-order valence-corrected chi connectivity index (χ2v) is 8.66. The van der Waals surface area contributed by atoms with Crippen LogP contribution in [0.5, 0.6) is 0 Å². The number of nitrogens with one attached hydrogen (secondary N) is 4. The number of carbonyl (C=O) groups excluding carboxylic acids is 2. The van der Waals surface area contributed by atoms with Crippen LogP contribution in [0.2, 0.25) is 15.1 Å². The molecule has 0 saturated carbocycles. The Bertz CT molecular complexity index is 1410. The average molecular weight is 547 g/mol. The number of hydrogen-bond acceptors (Lipinski definition) is 5. The standard InChI is InChI=1S/C21H13Cl3F3N5O3/c22-8-1-4-14(13(24)5-8)29-20-31-17-16(19(35)32-20)10(7-15(33)30-17)18(34)28-9-2-3-12(23)11(6-9)21(25,26)27/h1-6,10H,7H2,(H,28,34)(H3,29,30,31,32,33,35). The van der Waals surface area contributed by atoms with E-state index in [1.54, 1.807) is 12.1 Å². The first-order chi connectivity index (χ1) is 16.4. The van der Waals surface area contributed by atoms with Crippen molar-refractivity contribution in [3.63, 3.8) is 0 Å². The highest BCUT2D eigenvalue weighted by molar-refractivity contribution is 6.36. The number of nitrogens with zero attached hydrogens (tertiary/aromatic N) is 1. The molecule has 1 aromatic heterocycles. The van der Waals surface area contributed by atoms with Crippen molar-refractivity contribution in [2.24, 2.45) is 0 Å². The molecule has 0 spiro atoms. The van der Waals surface area contributed by atoms with Gasteiger partial charge in [-0.25, -0.2) is 0 Å². The minimum absolute atomic E-state index is 0.0770. The quantitative estimate of drug-likeness (QED) is 0.342. The first-order valence-electron chi connectivity index (χ1n) is 9.76. The SMILES string of the molecule is O=C1CC(C(=O)Nc2ccc(Cl)c(C(F)(F)F)c2)c2c(nc(Nc3ccc(Cl)cc3Cl)[nH]c2=O)N1. The van der Waals surface area contributed by atoms with Gasteiger partial charge in [-0.05, 0) is 36.4 Å². The van der Waals surface area contributed by atoms with Gasteiger partial charge in [0.15, 0.2) is 0 Å². The van der Waals surface area contributed by atoms with Crippen LogP contribution in [0.25, 0.3) is 0 Å². The van der Waals surface area contributed by atoms with Gasteiger partial charge in [0.2, 0.25) is 17.8 Å². The Kier molecular flexibility index (Phi) is 6.67. The van der Waals surface area contributed by atoms with Crippen molar-refractivity contribution < 1.29 is 22.8 Å². The maximum Gasteiger partial charge on any atom is 0.417 e. The lowest BCUT2D eigenvalue weighted by atomic mass is 9.92. The normalized spacial score (nSPS) is 15.3. The number of halogens is 6. The molecule has 0 bridgehead atoms. The van der Waals surface area contributed by atoms with Crippen LogP contribution in [0.4, 0.5) is 36.3 Å². The second kappa shape index (κ2) is 9.40. The first-order valence-corrected chi connectivity index (χ1v) is 10.9. The molecule has 2 aromatic carbocycles. The van der Waals surface area contributed by atoms with Crippen LogP contribution in [0.15, 0.2) is 41.2 Å². The van der Waals surface area contributed by atoms with Crippen LogP contribution in [-0.2, 0) is 15.8 Å². The molecule has 2 amide bonds. The molecule has 1 atom stereocenters. The molecule has 1 aliphatic heterocycles. The fourth-order valence-electron chi connectivity index (χ4n) is 3.42. The maximum absolute atomic E-state index is 13.1. The molecule has 1 unspecified atom stereocenters. The van der Waals surface area contributed by atoms with Crippen LogP contribution in [-0.4, -0.2) is 21.8 Å². The second-order valence-electron chi connectivity index (χ2n) is 7.41. The first kappa shape index (κ1) is 24.8. The van der Waals surface area contributed by atoms with Gasteiger partial charge in [-0.2, -0.15) is 18.2 Å². The highest BCUT2D eigenvalue weighted by Crippen LogP contribution is 2.37. The molecule has 0 radical (unpaired) electrons. The number of hydrogen-bond donors (Lipinski definition) is 4. The van der Waals surface area contributed by atoms with Crippen molar-refractivity contribution in [2.75, 3.05) is 16.0 Å². The Morgan fingerprint density at radius 1 is 1.06 bits per heavy atom. The third-order valence-corrected chi connectivity index (χ3v) is 5.87. The molecule has 8 nitrogen and oxygen atoms in total. The molecule has 0 saturated heterocycles. The topological polar surface area (TPSA) is 116 Å². The number of carbonyl (C=O) groups is 2. The van der Waals surface area contributed by atoms with Gasteiger partial charge in [0.1, 0.15) is 5.82 Å². The van der Waals surface area contributed by atoms with E-state index in [4.69, 9.17) is 34.8 Å². The Balaban J connectivity index is 1.64. The number of amides is 2. The Morgan fingerprint density at radius 3 is 2.49 bits per heavy atom. The summed E-state index contributed by atoms with van der Waals surface area (Å²) in [6.07, 6.45) is -5.16. The summed E-state index contributed by atoms with van der Waals surface area (Å²) in [4.78, 5) is 44.6. The van der Waals surface area contributed by atoms with Crippen molar-refractivity contribution in [2.45, 2.75) is 18.5 Å². The minimum Gasteiger partial charge on any atom is -0.326 e. The zero-order chi connectivity index (χ0) is 25.5. The number of alkyl halides is 3. The zero-order valence-corrected chi connectivity index (χ0v) is 19.5. The van der Waals surface area contributed by atoms with E-state index in [9.17, 15) is 27.6 Å². The summed E-state index contributed by atoms with van der Waals surface area (Å²) in [5, 5.41) is 7.60. The van der Waals surface area contributed by atoms with Gasteiger partial charge in [0, 0.05) is 17.1 Å². The summed E-state index contributed by atoms with van der Waals surface area (Å²) in [5.41, 5.74) is -1.89. The Morgan fingerprint density at radius 2 is 1.80 bits per heavy atom. The molecule has 2 heterocycles. The molecular weight excluding hydrogens is 534 g/mol. The highest BCUT2D eigenvalue weighted by atomic mass is 35.5. The van der Waals surface area contributed by atoms with Gasteiger partial charge >= 0.3 is 6.18 Å². The Hall–Kier alpha value is -3.28. The van der Waals surface area contributed by atoms with Gasteiger partial charge in [-0.1, -0.05) is 34.8 Å². The van der Waals surface area contributed by atoms with E-state index in [2.05, 4.69) is 25.9 Å². The Labute approximate surface area is 209 Å². The van der Waals surface area contributed by atoms with Gasteiger partial charge < -0.3 is 16.0 Å². The molecule has 1 aliphatic rings. The molecule has 182 valence electrons. The number of fused-ring (bicyclic) bond motifs is 1. The molecule has 0 aliphatic carbocycles. The smallest absolute Gasteiger partial charge is 0.326 e. The van der Waals surface area contributed by atoms with E-state index in [0.29, 0.717) is 16.8 Å². The van der Waals surface area contributed by atoms with Gasteiger partial charge in [-0.3, -0.25) is 19.4 Å². The van der Waals surface area contributed by atoms with E-state index in [-0.39, 0.29) is 28.0 Å². The van der Waals surface area contributed by atoms with E-state index in [1.807, 2.05) is 0 Å². The number of H-pyrrole nitrogens is 1. The van der Waals surface area contributed by atoms with Crippen molar-refractivity contribution in [3.05, 3.63) is 72.9 Å². The maximum atomic E-state index is 13.1. The van der Waals surface area contributed by atoms with Crippen LogP contribution in [0.3, 0.4) is 0 Å². The molecule has 4 rings (SSSR count). The fourth-order valence-corrected chi connectivity index (χ4v) is 4.10. The number of aromatic nitrogens is 2. The van der Waals surface area contributed by atoms with E-state index in [1.165, 1.54) is 12.1 Å². The van der Waals surface area contributed by atoms with E-state index >= 15 is 0 Å². The van der Waals surface area contributed by atoms with E-state index < -0.39 is 46.5 Å². The van der Waals surface area contributed by atoms with Crippen molar-refractivity contribution >= 4 is 69.8 Å². The number of benzene rings is 2. The summed E-state index contributed by atoms with van der Waals surface area (Å²) in [5.74, 6) is -3.05. The lowest BCUT2D eigenvalue weighted by Crippen LogP contribution is -2.36. The summed E-state index contributed by atoms with van der Waals surface area (Å²) >= 11 is 17.6. The summed E-state index contributed by atoms with van der Waals surface area (Å²) < 4.78 is 39.4. The summed E-state index contributed by atoms with van der Waals surface area (Å²) in [6, 6.07) is 7.37. The van der Waals surface area contributed by atoms with E-state index in [0.717, 1.165) is 6.07 Å². The van der Waals surface area contributed by atoms with Gasteiger partial charge in [0.25, 0.3) is 5.56 Å². The third kappa shape index (κ3) is 5.37.